The van der Waals surface area contributed by atoms with E-state index < -0.39 is 6.10 Å². The fraction of sp³-hybridized carbons (Fsp3) is 0.643. The normalized spacial score (nSPS) is 19.2. The standard InChI is InChI=1S/C14H23N3O2/c1-12(19)13-3-4-15-14(11-13)17-6-2-5-16(7-8-17)9-10-18/h3-4,11-12,18-19H,2,5-10H2,1H3. The maximum atomic E-state index is 9.63. The van der Waals surface area contributed by atoms with Gasteiger partial charge in [-0.3, -0.25) is 4.90 Å². The van der Waals surface area contributed by atoms with E-state index >= 15 is 0 Å². The van der Waals surface area contributed by atoms with E-state index in [2.05, 4.69) is 14.8 Å². The molecule has 2 rings (SSSR count). The molecule has 106 valence electrons. The molecule has 0 saturated carbocycles. The molecule has 0 aromatic carbocycles. The number of aliphatic hydroxyl groups excluding tert-OH is 2. The molecule has 1 aromatic heterocycles. The molecule has 5 heteroatoms. The minimum Gasteiger partial charge on any atom is -0.395 e. The van der Waals surface area contributed by atoms with Gasteiger partial charge in [0.15, 0.2) is 0 Å². The SMILES string of the molecule is CC(O)c1ccnc(N2CCCN(CCO)CC2)c1. The molecule has 1 saturated heterocycles. The van der Waals surface area contributed by atoms with Crippen LogP contribution in [0.5, 0.6) is 0 Å². The molecule has 1 aliphatic rings. The van der Waals surface area contributed by atoms with Crippen LogP contribution in [0.3, 0.4) is 0 Å². The van der Waals surface area contributed by atoms with Crippen LogP contribution in [-0.4, -0.2) is 59.4 Å². The molecule has 2 heterocycles. The number of nitrogens with zero attached hydrogens (tertiary/aromatic N) is 3. The first kappa shape index (κ1) is 14.2. The Labute approximate surface area is 114 Å². The van der Waals surface area contributed by atoms with Crippen LogP contribution >= 0.6 is 0 Å². The van der Waals surface area contributed by atoms with Gasteiger partial charge in [0.2, 0.25) is 0 Å². The summed E-state index contributed by atoms with van der Waals surface area (Å²) in [6.07, 6.45) is 2.37. The highest BCUT2D eigenvalue weighted by atomic mass is 16.3. The molecule has 0 spiro atoms. The van der Waals surface area contributed by atoms with Gasteiger partial charge < -0.3 is 15.1 Å². The molecular weight excluding hydrogens is 242 g/mol. The van der Waals surface area contributed by atoms with Crippen LogP contribution in [0.4, 0.5) is 5.82 Å². The van der Waals surface area contributed by atoms with E-state index in [-0.39, 0.29) is 6.61 Å². The Hall–Kier alpha value is -1.17. The number of β-amino-alcohol motifs (C(OH)–C–C–N with tert-alkyl or cyclic N) is 1. The number of hydrogen-bond acceptors (Lipinski definition) is 5. The third-order valence-corrected chi connectivity index (χ3v) is 3.58. The van der Waals surface area contributed by atoms with Gasteiger partial charge in [-0.15, -0.1) is 0 Å². The summed E-state index contributed by atoms with van der Waals surface area (Å²) in [5, 5.41) is 18.6. The van der Waals surface area contributed by atoms with E-state index in [1.807, 2.05) is 12.1 Å². The number of pyridine rings is 1. The predicted octanol–water partition coefficient (Wildman–Crippen LogP) is 0.639. The van der Waals surface area contributed by atoms with E-state index in [9.17, 15) is 5.11 Å². The molecule has 1 fully saturated rings. The molecule has 2 N–H and O–H groups in total. The van der Waals surface area contributed by atoms with E-state index in [0.717, 1.165) is 50.5 Å². The fourth-order valence-electron chi connectivity index (χ4n) is 2.43. The third-order valence-electron chi connectivity index (χ3n) is 3.58. The van der Waals surface area contributed by atoms with Crippen molar-refractivity contribution in [3.05, 3.63) is 23.9 Å². The van der Waals surface area contributed by atoms with E-state index in [0.29, 0.717) is 0 Å². The highest BCUT2D eigenvalue weighted by Gasteiger charge is 2.16. The van der Waals surface area contributed by atoms with Crippen molar-refractivity contribution in [1.29, 1.82) is 0 Å². The summed E-state index contributed by atoms with van der Waals surface area (Å²) < 4.78 is 0. The summed E-state index contributed by atoms with van der Waals surface area (Å²) >= 11 is 0. The van der Waals surface area contributed by atoms with Gasteiger partial charge in [0, 0.05) is 32.4 Å². The maximum Gasteiger partial charge on any atom is 0.128 e. The molecule has 1 atom stereocenters. The average Bonchev–Trinajstić information content (AvgIpc) is 2.65. The van der Waals surface area contributed by atoms with Crippen molar-refractivity contribution in [3.8, 4) is 0 Å². The minimum absolute atomic E-state index is 0.218. The van der Waals surface area contributed by atoms with Crippen LogP contribution in [0.25, 0.3) is 0 Å². The van der Waals surface area contributed by atoms with Gasteiger partial charge in [-0.05, 0) is 37.6 Å². The van der Waals surface area contributed by atoms with Gasteiger partial charge in [-0.25, -0.2) is 4.98 Å². The number of hydrogen-bond donors (Lipinski definition) is 2. The van der Waals surface area contributed by atoms with Crippen molar-refractivity contribution < 1.29 is 10.2 Å². The van der Waals surface area contributed by atoms with Crippen molar-refractivity contribution in [2.45, 2.75) is 19.4 Å². The summed E-state index contributed by atoms with van der Waals surface area (Å²) in [4.78, 5) is 8.93. The summed E-state index contributed by atoms with van der Waals surface area (Å²) in [7, 11) is 0. The Kier molecular flexibility index (Phi) is 5.13. The number of aliphatic hydroxyl groups is 2. The van der Waals surface area contributed by atoms with E-state index in [1.54, 1.807) is 13.1 Å². The minimum atomic E-state index is -0.459. The third kappa shape index (κ3) is 3.89. The molecule has 0 amide bonds. The first-order valence-electron chi connectivity index (χ1n) is 6.93. The van der Waals surface area contributed by atoms with Crippen molar-refractivity contribution in [2.24, 2.45) is 0 Å². The van der Waals surface area contributed by atoms with Crippen LogP contribution in [0, 0.1) is 0 Å². The maximum absolute atomic E-state index is 9.63. The first-order valence-corrected chi connectivity index (χ1v) is 6.93. The van der Waals surface area contributed by atoms with Crippen molar-refractivity contribution in [1.82, 2.24) is 9.88 Å². The quantitative estimate of drug-likeness (QED) is 0.836. The molecule has 1 aliphatic heterocycles. The zero-order valence-corrected chi connectivity index (χ0v) is 11.5. The van der Waals surface area contributed by atoms with Crippen LogP contribution < -0.4 is 4.90 Å². The van der Waals surface area contributed by atoms with Crippen molar-refractivity contribution in [3.63, 3.8) is 0 Å². The molecule has 1 aromatic rings. The van der Waals surface area contributed by atoms with E-state index in [1.165, 1.54) is 0 Å². The molecule has 0 aliphatic carbocycles. The Morgan fingerprint density at radius 1 is 1.32 bits per heavy atom. The van der Waals surface area contributed by atoms with Gasteiger partial charge in [0.05, 0.1) is 12.7 Å². The first-order chi connectivity index (χ1) is 9.20. The Balaban J connectivity index is 2.03. The summed E-state index contributed by atoms with van der Waals surface area (Å²) in [6, 6.07) is 3.82. The van der Waals surface area contributed by atoms with Crippen molar-refractivity contribution >= 4 is 5.82 Å². The van der Waals surface area contributed by atoms with Gasteiger partial charge in [-0.2, -0.15) is 0 Å². The predicted molar refractivity (Wildman–Crippen MR) is 75.2 cm³/mol. The molecule has 0 bridgehead atoms. The Morgan fingerprint density at radius 3 is 2.89 bits per heavy atom. The molecule has 5 nitrogen and oxygen atoms in total. The van der Waals surface area contributed by atoms with Gasteiger partial charge in [0.25, 0.3) is 0 Å². The fourth-order valence-corrected chi connectivity index (χ4v) is 2.43. The van der Waals surface area contributed by atoms with Crippen LogP contribution in [-0.2, 0) is 0 Å². The average molecular weight is 265 g/mol. The van der Waals surface area contributed by atoms with Crippen LogP contribution in [0.15, 0.2) is 18.3 Å². The monoisotopic (exact) mass is 265 g/mol. The zero-order chi connectivity index (χ0) is 13.7. The lowest BCUT2D eigenvalue weighted by molar-refractivity contribution is 0.199. The highest BCUT2D eigenvalue weighted by Crippen LogP contribution is 2.19. The van der Waals surface area contributed by atoms with E-state index in [4.69, 9.17) is 5.11 Å². The summed E-state index contributed by atoms with van der Waals surface area (Å²) in [6.45, 7) is 6.58. The summed E-state index contributed by atoms with van der Waals surface area (Å²) in [5.41, 5.74) is 0.904. The van der Waals surface area contributed by atoms with Gasteiger partial charge in [-0.1, -0.05) is 0 Å². The molecule has 0 radical (unpaired) electrons. The second-order valence-corrected chi connectivity index (χ2v) is 5.03. The smallest absolute Gasteiger partial charge is 0.128 e. The molecule has 1 unspecified atom stereocenters. The summed E-state index contributed by atoms with van der Waals surface area (Å²) in [5.74, 6) is 0.934. The molecular formula is C14H23N3O2. The second-order valence-electron chi connectivity index (χ2n) is 5.03. The van der Waals surface area contributed by atoms with Crippen LogP contribution in [0.1, 0.15) is 25.0 Å². The Bertz CT molecular complexity index is 398. The number of rotatable bonds is 4. The topological polar surface area (TPSA) is 59.8 Å². The number of aromatic nitrogens is 1. The zero-order valence-electron chi connectivity index (χ0n) is 11.5. The lowest BCUT2D eigenvalue weighted by atomic mass is 10.1. The van der Waals surface area contributed by atoms with Crippen LogP contribution in [0.2, 0.25) is 0 Å². The largest absolute Gasteiger partial charge is 0.395 e. The molecule has 19 heavy (non-hydrogen) atoms. The highest BCUT2D eigenvalue weighted by molar-refractivity contribution is 5.41. The lowest BCUT2D eigenvalue weighted by Crippen LogP contribution is -2.32. The van der Waals surface area contributed by atoms with Gasteiger partial charge >= 0.3 is 0 Å². The van der Waals surface area contributed by atoms with Crippen molar-refractivity contribution in [2.75, 3.05) is 44.2 Å². The number of anilines is 1. The second kappa shape index (κ2) is 6.84. The lowest BCUT2D eigenvalue weighted by Gasteiger charge is -2.23. The Morgan fingerprint density at radius 2 is 2.16 bits per heavy atom. The van der Waals surface area contributed by atoms with Gasteiger partial charge in [0.1, 0.15) is 5.82 Å².